The Labute approximate surface area is 259 Å². The van der Waals surface area contributed by atoms with Crippen LogP contribution in [0.4, 0.5) is 0 Å². The second-order valence-electron chi connectivity index (χ2n) is 8.43. The molecule has 0 aliphatic rings. The van der Waals surface area contributed by atoms with Gasteiger partial charge in [-0.3, -0.25) is 9.59 Å². The molecule has 2 atom stereocenters. The first-order valence-corrected chi connectivity index (χ1v) is 14.6. The molecule has 0 amide bonds. The molecule has 4 rings (SSSR count). The Bertz CT molecular complexity index is 1440. The van der Waals surface area contributed by atoms with Gasteiger partial charge in [0.2, 0.25) is 0 Å². The Kier molecular flexibility index (Phi) is 10.2. The van der Waals surface area contributed by atoms with Gasteiger partial charge in [-0.15, -0.1) is 0 Å². The van der Waals surface area contributed by atoms with Crippen LogP contribution in [0.5, 0.6) is 17.2 Å². The van der Waals surface area contributed by atoms with E-state index in [9.17, 15) is 14.4 Å². The largest absolute Gasteiger partial charge is 0.475 e. The molecule has 0 bridgehead atoms. The topological polar surface area (TPSA) is 88.1 Å². The normalized spacial score (nSPS) is 12.1. The van der Waals surface area contributed by atoms with Crippen molar-refractivity contribution < 1.29 is 33.3 Å². The number of esters is 2. The van der Waals surface area contributed by atoms with Crippen LogP contribution in [0.2, 0.25) is 0 Å². The molecular formula is C31H24I2O7. The summed E-state index contributed by atoms with van der Waals surface area (Å²) in [5, 5.41) is 0. The third kappa shape index (κ3) is 7.19. The molecule has 204 valence electrons. The number of carbonyl (C=O) groups excluding carboxylic acids is 3. The van der Waals surface area contributed by atoms with Crippen LogP contribution in [0.3, 0.4) is 0 Å². The van der Waals surface area contributed by atoms with Gasteiger partial charge >= 0.3 is 11.9 Å². The van der Waals surface area contributed by atoms with E-state index in [0.29, 0.717) is 28.2 Å². The van der Waals surface area contributed by atoms with Crippen LogP contribution in [0, 0.1) is 0 Å². The average Bonchev–Trinajstić information content (AvgIpc) is 2.97. The Balaban J connectivity index is 1.82. The zero-order valence-electron chi connectivity index (χ0n) is 21.5. The number of alkyl halides is 2. The van der Waals surface area contributed by atoms with Crippen LogP contribution in [0.15, 0.2) is 97.1 Å². The summed E-state index contributed by atoms with van der Waals surface area (Å²) in [6.07, 6.45) is 0. The van der Waals surface area contributed by atoms with Gasteiger partial charge in [-0.1, -0.05) is 54.6 Å². The average molecular weight is 762 g/mol. The molecule has 0 aliphatic carbocycles. The molecule has 0 fully saturated rings. The van der Waals surface area contributed by atoms with E-state index in [0.717, 1.165) is 0 Å². The number of ketones is 1. The Morgan fingerprint density at radius 2 is 1.23 bits per heavy atom. The van der Waals surface area contributed by atoms with Crippen molar-refractivity contribution in [2.24, 2.45) is 0 Å². The van der Waals surface area contributed by atoms with Gasteiger partial charge in [0.1, 0.15) is 22.8 Å². The fraction of sp³-hybridized carbons (Fsp3) is 0.129. The van der Waals surface area contributed by atoms with Crippen LogP contribution in [-0.2, 0) is 9.53 Å². The number of hydrogen-bond acceptors (Lipinski definition) is 7. The van der Waals surface area contributed by atoms with Gasteiger partial charge in [0.05, 0.1) is 7.11 Å². The summed E-state index contributed by atoms with van der Waals surface area (Å²) in [5.41, 5.74) is 1.81. The molecule has 0 radical (unpaired) electrons. The van der Waals surface area contributed by atoms with Crippen LogP contribution < -0.4 is 14.2 Å². The first kappa shape index (κ1) is 29.5. The highest BCUT2D eigenvalue weighted by Gasteiger charge is 2.28. The van der Waals surface area contributed by atoms with Gasteiger partial charge in [-0.05, 0) is 87.6 Å². The second-order valence-corrected chi connectivity index (χ2v) is 10.7. The molecule has 0 aliphatic heterocycles. The Morgan fingerprint density at radius 1 is 0.700 bits per heavy atom. The smallest absolute Gasteiger partial charge is 0.341 e. The molecule has 0 saturated heterocycles. The minimum atomic E-state index is -0.738. The van der Waals surface area contributed by atoms with Gasteiger partial charge in [0.15, 0.2) is 14.0 Å². The SMILES string of the molecule is COC(=O)c1cc(C(=O)c2c(C(I)Oc3ccccc3)cccc2C(I)Oc2ccccc2)ccc1OC(C)=O. The maximum atomic E-state index is 14.2. The predicted octanol–water partition coefficient (Wildman–Crippen LogP) is 7.65. The third-order valence-corrected chi connectivity index (χ3v) is 7.56. The maximum Gasteiger partial charge on any atom is 0.341 e. The molecule has 0 N–H and O–H groups in total. The minimum absolute atomic E-state index is 0.00256. The summed E-state index contributed by atoms with van der Waals surface area (Å²) in [6.45, 7) is 1.23. The van der Waals surface area contributed by atoms with E-state index in [1.165, 1.54) is 32.2 Å². The van der Waals surface area contributed by atoms with Crippen LogP contribution in [0.1, 0.15) is 52.6 Å². The highest BCUT2D eigenvalue weighted by atomic mass is 127. The number of ether oxygens (including phenoxy) is 4. The quantitative estimate of drug-likeness (QED) is 0.0540. The fourth-order valence-electron chi connectivity index (χ4n) is 3.92. The molecule has 0 heterocycles. The van der Waals surface area contributed by atoms with Crippen molar-refractivity contribution in [3.05, 3.63) is 125 Å². The second kappa shape index (κ2) is 13.8. The van der Waals surface area contributed by atoms with Crippen molar-refractivity contribution in [3.8, 4) is 17.2 Å². The van der Waals surface area contributed by atoms with Gasteiger partial charge in [-0.25, -0.2) is 4.79 Å². The number of halogens is 2. The van der Waals surface area contributed by atoms with E-state index < -0.39 is 20.2 Å². The monoisotopic (exact) mass is 762 g/mol. The third-order valence-electron chi connectivity index (χ3n) is 5.71. The molecular weight excluding hydrogens is 738 g/mol. The standard InChI is InChI=1S/C31H24I2O7/c1-19(34)38-26-17-16-20(18-25(26)31(36)37-2)28(35)27-23(29(32)39-21-10-5-3-6-11-21)14-9-15-24(27)30(33)40-22-12-7-4-8-13-22/h3-18,29-30H,1-2H3. The van der Waals surface area contributed by atoms with Gasteiger partial charge < -0.3 is 18.9 Å². The van der Waals surface area contributed by atoms with Crippen molar-refractivity contribution in [3.63, 3.8) is 0 Å². The molecule has 7 nitrogen and oxygen atoms in total. The molecule has 0 spiro atoms. The lowest BCUT2D eigenvalue weighted by atomic mass is 9.93. The van der Waals surface area contributed by atoms with Crippen molar-refractivity contribution >= 4 is 62.9 Å². The highest BCUT2D eigenvalue weighted by molar-refractivity contribution is 14.1. The van der Waals surface area contributed by atoms with Crippen molar-refractivity contribution in [1.82, 2.24) is 0 Å². The van der Waals surface area contributed by atoms with Gasteiger partial charge in [0, 0.05) is 29.2 Å². The maximum absolute atomic E-state index is 14.2. The van der Waals surface area contributed by atoms with Crippen molar-refractivity contribution in [2.75, 3.05) is 7.11 Å². The van der Waals surface area contributed by atoms with Crippen LogP contribution >= 0.6 is 45.2 Å². The first-order valence-electron chi connectivity index (χ1n) is 12.1. The van der Waals surface area contributed by atoms with E-state index >= 15 is 0 Å². The molecule has 4 aromatic carbocycles. The van der Waals surface area contributed by atoms with E-state index in [1.807, 2.05) is 78.9 Å². The first-order chi connectivity index (χ1) is 19.3. The number of benzene rings is 4. The molecule has 40 heavy (non-hydrogen) atoms. The van der Waals surface area contributed by atoms with Crippen LogP contribution in [-0.4, -0.2) is 24.8 Å². The molecule has 0 saturated carbocycles. The summed E-state index contributed by atoms with van der Waals surface area (Å²) < 4.78 is 21.4. The zero-order chi connectivity index (χ0) is 28.6. The number of para-hydroxylation sites is 2. The van der Waals surface area contributed by atoms with Crippen molar-refractivity contribution in [2.45, 2.75) is 15.1 Å². The minimum Gasteiger partial charge on any atom is -0.475 e. The van der Waals surface area contributed by atoms with E-state index in [1.54, 1.807) is 0 Å². The lowest BCUT2D eigenvalue weighted by Gasteiger charge is -2.22. The highest BCUT2D eigenvalue weighted by Crippen LogP contribution is 2.38. The predicted molar refractivity (Wildman–Crippen MR) is 167 cm³/mol. The van der Waals surface area contributed by atoms with Crippen LogP contribution in [0.25, 0.3) is 0 Å². The number of methoxy groups -OCH3 is 1. The number of hydrogen-bond donors (Lipinski definition) is 0. The Hall–Kier alpha value is -3.45. The summed E-state index contributed by atoms with van der Waals surface area (Å²) >= 11 is 4.29. The van der Waals surface area contributed by atoms with E-state index in [4.69, 9.17) is 18.9 Å². The lowest BCUT2D eigenvalue weighted by molar-refractivity contribution is -0.131. The fourth-order valence-corrected chi connectivity index (χ4v) is 5.55. The number of carbonyl (C=O) groups is 3. The number of rotatable bonds is 10. The van der Waals surface area contributed by atoms with E-state index in [-0.39, 0.29) is 22.7 Å². The molecule has 4 aromatic rings. The summed E-state index contributed by atoms with van der Waals surface area (Å²) in [6, 6.07) is 28.4. The lowest BCUT2D eigenvalue weighted by Crippen LogP contribution is -2.16. The molecule has 2 unspecified atom stereocenters. The summed E-state index contributed by atoms with van der Waals surface area (Å²) in [7, 11) is 1.21. The van der Waals surface area contributed by atoms with E-state index in [2.05, 4.69) is 45.2 Å². The summed E-state index contributed by atoms with van der Waals surface area (Å²) in [5.74, 6) is -0.400. The zero-order valence-corrected chi connectivity index (χ0v) is 25.8. The molecule has 9 heteroatoms. The van der Waals surface area contributed by atoms with Gasteiger partial charge in [-0.2, -0.15) is 0 Å². The molecule has 0 aromatic heterocycles. The Morgan fingerprint density at radius 3 is 1.70 bits per heavy atom. The van der Waals surface area contributed by atoms with Gasteiger partial charge in [0.25, 0.3) is 0 Å². The van der Waals surface area contributed by atoms with Crippen molar-refractivity contribution in [1.29, 1.82) is 0 Å². The summed E-state index contributed by atoms with van der Waals surface area (Å²) in [4.78, 5) is 38.3.